The van der Waals surface area contributed by atoms with E-state index < -0.39 is 5.41 Å². The van der Waals surface area contributed by atoms with Gasteiger partial charge in [0.05, 0.1) is 11.5 Å². The van der Waals surface area contributed by atoms with Gasteiger partial charge in [0.15, 0.2) is 0 Å². The van der Waals surface area contributed by atoms with E-state index in [1.165, 1.54) is 16.1 Å². The molecule has 0 N–H and O–H groups in total. The summed E-state index contributed by atoms with van der Waals surface area (Å²) in [6.07, 6.45) is 3.44. The van der Waals surface area contributed by atoms with Crippen LogP contribution >= 0.6 is 0 Å². The van der Waals surface area contributed by atoms with E-state index in [-0.39, 0.29) is 43.1 Å². The van der Waals surface area contributed by atoms with Crippen molar-refractivity contribution in [3.05, 3.63) is 84.0 Å². The van der Waals surface area contributed by atoms with Gasteiger partial charge >= 0.3 is 0 Å². The molecule has 8 nitrogen and oxygen atoms in total. The molecule has 170 valence electrons. The summed E-state index contributed by atoms with van der Waals surface area (Å²) in [6, 6.07) is 16.0. The Labute approximate surface area is 192 Å². The summed E-state index contributed by atoms with van der Waals surface area (Å²) in [7, 11) is 1.67. The smallest absolute Gasteiger partial charge is 0.240 e. The molecule has 3 amide bonds. The van der Waals surface area contributed by atoms with Crippen LogP contribution in [-0.2, 0) is 26.2 Å². The van der Waals surface area contributed by atoms with Crippen LogP contribution < -0.4 is 0 Å². The number of likely N-dealkylation sites (tertiary alicyclic amines) is 1. The van der Waals surface area contributed by atoms with Crippen LogP contribution in [0.15, 0.2) is 71.6 Å². The molecule has 1 fully saturated rings. The Bertz CT molecular complexity index is 1120. The number of hydrogen-bond acceptors (Lipinski definition) is 6. The fraction of sp³-hybridized carbons (Fsp3) is 0.320. The average molecular weight is 447 g/mol. The number of amides is 3. The predicted octanol–water partition coefficient (Wildman–Crippen LogP) is 2.92. The first-order valence-corrected chi connectivity index (χ1v) is 10.9. The lowest BCUT2D eigenvalue weighted by Gasteiger charge is -2.31. The molecule has 3 heterocycles. The minimum atomic E-state index is -1.24. The highest BCUT2D eigenvalue weighted by Crippen LogP contribution is 2.40. The summed E-state index contributed by atoms with van der Waals surface area (Å²) >= 11 is 0. The zero-order valence-electron chi connectivity index (χ0n) is 18.7. The van der Waals surface area contributed by atoms with Crippen molar-refractivity contribution in [1.29, 1.82) is 0 Å². The quantitative estimate of drug-likeness (QED) is 0.494. The van der Waals surface area contributed by atoms with Gasteiger partial charge in [0, 0.05) is 50.8 Å². The Balaban J connectivity index is 1.59. The number of rotatable bonds is 8. The molecule has 0 saturated carbocycles. The van der Waals surface area contributed by atoms with E-state index in [1.54, 1.807) is 19.3 Å². The van der Waals surface area contributed by atoms with Crippen LogP contribution in [-0.4, -0.2) is 51.3 Å². The SMILES string of the molecule is C[C@@H](c1ccon1)N(C)C(=O)C[C@]1(c2ccccc2)CC(=O)N(CCc2ccccn2)C1=O. The third kappa shape index (κ3) is 4.41. The van der Waals surface area contributed by atoms with E-state index in [4.69, 9.17) is 4.52 Å². The van der Waals surface area contributed by atoms with Crippen LogP contribution in [0.3, 0.4) is 0 Å². The van der Waals surface area contributed by atoms with Gasteiger partial charge in [0.25, 0.3) is 0 Å². The second kappa shape index (κ2) is 9.36. The van der Waals surface area contributed by atoms with E-state index in [2.05, 4.69) is 10.1 Å². The molecule has 0 spiro atoms. The van der Waals surface area contributed by atoms with E-state index in [0.717, 1.165) is 5.69 Å². The lowest BCUT2D eigenvalue weighted by molar-refractivity contribution is -0.142. The first-order chi connectivity index (χ1) is 15.9. The van der Waals surface area contributed by atoms with E-state index in [9.17, 15) is 14.4 Å². The second-order valence-electron chi connectivity index (χ2n) is 8.33. The highest BCUT2D eigenvalue weighted by atomic mass is 16.5. The number of nitrogens with zero attached hydrogens (tertiary/aromatic N) is 4. The number of pyridine rings is 1. The Morgan fingerprint density at radius 2 is 1.91 bits per heavy atom. The van der Waals surface area contributed by atoms with Crippen LogP contribution in [0.25, 0.3) is 0 Å². The van der Waals surface area contributed by atoms with Gasteiger partial charge in [-0.05, 0) is 24.6 Å². The van der Waals surface area contributed by atoms with Gasteiger partial charge in [-0.15, -0.1) is 0 Å². The van der Waals surface area contributed by atoms with E-state index in [0.29, 0.717) is 17.7 Å². The predicted molar refractivity (Wildman–Crippen MR) is 120 cm³/mol. The third-order valence-electron chi connectivity index (χ3n) is 6.37. The fourth-order valence-corrected chi connectivity index (χ4v) is 4.26. The molecule has 1 aromatic carbocycles. The van der Waals surface area contributed by atoms with Crippen LogP contribution in [0.1, 0.15) is 42.8 Å². The standard InChI is InChI=1S/C25H26N4O4/c1-18(21-12-15-33-27-21)28(2)22(30)16-25(19-8-4-3-5-9-19)17-23(31)29(24(25)32)14-11-20-10-6-7-13-26-20/h3-10,12-13,15,18H,11,14,16-17H2,1-2H3/t18-,25+/m0/s1. The lowest BCUT2D eigenvalue weighted by Crippen LogP contribution is -2.43. The van der Waals surface area contributed by atoms with Crippen molar-refractivity contribution in [2.75, 3.05) is 13.6 Å². The first kappa shape index (κ1) is 22.4. The highest BCUT2D eigenvalue weighted by Gasteiger charge is 2.53. The van der Waals surface area contributed by atoms with Crippen molar-refractivity contribution in [2.24, 2.45) is 0 Å². The molecular formula is C25H26N4O4. The monoisotopic (exact) mass is 446 g/mol. The molecule has 0 unspecified atom stereocenters. The topological polar surface area (TPSA) is 96.6 Å². The van der Waals surface area contributed by atoms with Gasteiger partial charge in [-0.25, -0.2) is 0 Å². The molecule has 2 aromatic heterocycles. The number of carbonyl (C=O) groups excluding carboxylic acids is 3. The molecule has 1 aliphatic rings. The molecule has 1 aliphatic heterocycles. The fourth-order valence-electron chi connectivity index (χ4n) is 4.26. The van der Waals surface area contributed by atoms with Crippen molar-refractivity contribution in [3.63, 3.8) is 0 Å². The normalized spacial score (nSPS) is 19.0. The maximum Gasteiger partial charge on any atom is 0.240 e. The van der Waals surface area contributed by atoms with E-state index >= 15 is 0 Å². The second-order valence-corrected chi connectivity index (χ2v) is 8.33. The van der Waals surface area contributed by atoms with E-state index in [1.807, 2.05) is 55.5 Å². The molecule has 4 rings (SSSR count). The van der Waals surface area contributed by atoms with Gasteiger partial charge in [0.1, 0.15) is 12.0 Å². The lowest BCUT2D eigenvalue weighted by atomic mass is 9.75. The average Bonchev–Trinajstić information content (AvgIpc) is 3.46. The summed E-state index contributed by atoms with van der Waals surface area (Å²) in [4.78, 5) is 47.1. The van der Waals surface area contributed by atoms with Crippen molar-refractivity contribution < 1.29 is 18.9 Å². The Morgan fingerprint density at radius 1 is 1.15 bits per heavy atom. The molecule has 8 heteroatoms. The maximum atomic E-state index is 13.7. The Kier molecular flexibility index (Phi) is 6.35. The zero-order chi connectivity index (χ0) is 23.4. The Hall–Kier alpha value is -3.81. The van der Waals surface area contributed by atoms with Gasteiger partial charge in [-0.3, -0.25) is 24.3 Å². The minimum Gasteiger partial charge on any atom is -0.364 e. The highest BCUT2D eigenvalue weighted by molar-refractivity contribution is 6.10. The summed E-state index contributed by atoms with van der Waals surface area (Å²) < 4.78 is 4.90. The Morgan fingerprint density at radius 3 is 2.58 bits per heavy atom. The number of hydrogen-bond donors (Lipinski definition) is 0. The molecule has 2 atom stereocenters. The van der Waals surface area contributed by atoms with Gasteiger partial charge in [0.2, 0.25) is 17.7 Å². The van der Waals surface area contributed by atoms with Crippen LogP contribution in [0.5, 0.6) is 0 Å². The number of carbonyl (C=O) groups is 3. The molecule has 33 heavy (non-hydrogen) atoms. The molecule has 1 saturated heterocycles. The zero-order valence-corrected chi connectivity index (χ0v) is 18.7. The molecular weight excluding hydrogens is 420 g/mol. The van der Waals surface area contributed by atoms with Crippen LogP contribution in [0, 0.1) is 0 Å². The summed E-state index contributed by atoms with van der Waals surface area (Å²) in [5.41, 5.74) is 0.842. The van der Waals surface area contributed by atoms with Gasteiger partial charge in [-0.2, -0.15) is 0 Å². The summed E-state index contributed by atoms with van der Waals surface area (Å²) in [5.74, 6) is -0.868. The number of benzene rings is 1. The van der Waals surface area contributed by atoms with Crippen molar-refractivity contribution in [2.45, 2.75) is 37.6 Å². The van der Waals surface area contributed by atoms with Gasteiger partial charge < -0.3 is 9.42 Å². The summed E-state index contributed by atoms with van der Waals surface area (Å²) in [5, 5.41) is 3.92. The van der Waals surface area contributed by atoms with Crippen LogP contribution in [0.4, 0.5) is 0 Å². The van der Waals surface area contributed by atoms with Crippen molar-refractivity contribution in [3.8, 4) is 0 Å². The van der Waals surface area contributed by atoms with Crippen LogP contribution in [0.2, 0.25) is 0 Å². The molecule has 0 radical (unpaired) electrons. The molecule has 0 bridgehead atoms. The third-order valence-corrected chi connectivity index (χ3v) is 6.37. The number of aromatic nitrogens is 2. The minimum absolute atomic E-state index is 0.0456. The van der Waals surface area contributed by atoms with Crippen molar-refractivity contribution >= 4 is 17.7 Å². The van der Waals surface area contributed by atoms with Crippen molar-refractivity contribution in [1.82, 2.24) is 19.9 Å². The maximum absolute atomic E-state index is 13.7. The molecule has 0 aliphatic carbocycles. The largest absolute Gasteiger partial charge is 0.364 e. The number of imide groups is 1. The first-order valence-electron chi connectivity index (χ1n) is 10.9. The molecule has 3 aromatic rings. The summed E-state index contributed by atoms with van der Waals surface area (Å²) in [6.45, 7) is 2.06. The van der Waals surface area contributed by atoms with Gasteiger partial charge in [-0.1, -0.05) is 41.6 Å².